The highest BCUT2D eigenvalue weighted by Crippen LogP contribution is 2.33. The summed E-state index contributed by atoms with van der Waals surface area (Å²) < 4.78 is 9.53. The Balaban J connectivity index is 1.40. The van der Waals surface area contributed by atoms with Gasteiger partial charge in [0.25, 0.3) is 0 Å². The maximum atomic E-state index is 5.96. The first-order valence-electron chi connectivity index (χ1n) is 12.7. The van der Waals surface area contributed by atoms with Crippen LogP contribution in [-0.2, 0) is 11.3 Å². The molecule has 2 aromatic heterocycles. The van der Waals surface area contributed by atoms with Gasteiger partial charge in [-0.3, -0.25) is 5.01 Å². The molecule has 0 saturated carbocycles. The van der Waals surface area contributed by atoms with Gasteiger partial charge in [0.15, 0.2) is 0 Å². The van der Waals surface area contributed by atoms with Gasteiger partial charge in [0.05, 0.1) is 26.3 Å². The summed E-state index contributed by atoms with van der Waals surface area (Å²) >= 11 is 5.96. The number of imidazole rings is 2. The zero-order chi connectivity index (χ0) is 25.8. The van der Waals surface area contributed by atoms with Crippen molar-refractivity contribution < 1.29 is 4.74 Å². The second kappa shape index (κ2) is 10.9. The van der Waals surface area contributed by atoms with Crippen LogP contribution in [0.2, 0.25) is 5.15 Å². The highest BCUT2D eigenvalue weighted by molar-refractivity contribution is 6.29. The molecular formula is C27H33ClN8O. The second-order valence-corrected chi connectivity index (χ2v) is 9.89. The maximum Gasteiger partial charge on any atom is 0.220 e. The Hall–Kier alpha value is -3.43. The van der Waals surface area contributed by atoms with Crippen LogP contribution >= 0.6 is 11.6 Å². The topological polar surface area (TPSA) is 84.9 Å². The Morgan fingerprint density at radius 2 is 2.11 bits per heavy atom. The molecule has 5 rings (SSSR count). The molecule has 1 saturated heterocycles. The second-order valence-electron chi connectivity index (χ2n) is 9.50. The summed E-state index contributed by atoms with van der Waals surface area (Å²) in [6.45, 7) is 5.55. The Morgan fingerprint density at radius 3 is 2.78 bits per heavy atom. The molecule has 0 amide bonds. The van der Waals surface area contributed by atoms with E-state index in [1.54, 1.807) is 25.8 Å². The van der Waals surface area contributed by atoms with Crippen LogP contribution in [0.15, 0.2) is 77.3 Å². The normalized spacial score (nSPS) is 22.5. The number of halogens is 1. The molecule has 1 aromatic carbocycles. The first-order valence-corrected chi connectivity index (χ1v) is 13.1. The van der Waals surface area contributed by atoms with Crippen molar-refractivity contribution in [3.8, 4) is 5.69 Å². The third-order valence-corrected chi connectivity index (χ3v) is 6.94. The van der Waals surface area contributed by atoms with Gasteiger partial charge in [0.1, 0.15) is 16.7 Å². The SMILES string of the molecule is CCC(/C=C(\Cn1cnc(Cl)c1)OC)=NC1(C)N=C2C(c3ccc(-n4ccnc4)cc3)CCCCN2N1. The first kappa shape index (κ1) is 25.2. The summed E-state index contributed by atoms with van der Waals surface area (Å²) in [5, 5.41) is 2.66. The molecule has 0 aliphatic carbocycles. The number of fused-ring (bicyclic) bond motifs is 1. The van der Waals surface area contributed by atoms with E-state index >= 15 is 0 Å². The van der Waals surface area contributed by atoms with Crippen molar-refractivity contribution in [2.75, 3.05) is 13.7 Å². The van der Waals surface area contributed by atoms with Gasteiger partial charge < -0.3 is 13.9 Å². The van der Waals surface area contributed by atoms with Crippen molar-refractivity contribution in [2.24, 2.45) is 9.98 Å². The number of benzene rings is 1. The van der Waals surface area contributed by atoms with Crippen molar-refractivity contribution >= 4 is 23.1 Å². The minimum atomic E-state index is -0.777. The molecule has 2 atom stereocenters. The van der Waals surface area contributed by atoms with Crippen LogP contribution in [0.1, 0.15) is 51.0 Å². The predicted molar refractivity (Wildman–Crippen MR) is 146 cm³/mol. The average Bonchev–Trinajstić information content (AvgIpc) is 3.62. The van der Waals surface area contributed by atoms with Crippen molar-refractivity contribution in [1.29, 1.82) is 0 Å². The lowest BCUT2D eigenvalue weighted by molar-refractivity contribution is 0.236. The molecule has 3 aromatic rings. The van der Waals surface area contributed by atoms with E-state index in [9.17, 15) is 0 Å². The molecule has 9 nitrogen and oxygen atoms in total. The summed E-state index contributed by atoms with van der Waals surface area (Å²) in [5.41, 5.74) is 6.84. The van der Waals surface area contributed by atoms with Crippen molar-refractivity contribution in [1.82, 2.24) is 29.5 Å². The fourth-order valence-electron chi connectivity index (χ4n) is 4.91. The number of rotatable bonds is 8. The zero-order valence-electron chi connectivity index (χ0n) is 21.5. The van der Waals surface area contributed by atoms with Gasteiger partial charge in [-0.25, -0.2) is 20.0 Å². The molecule has 37 heavy (non-hydrogen) atoms. The van der Waals surface area contributed by atoms with Crippen LogP contribution < -0.4 is 5.43 Å². The molecule has 1 N–H and O–H groups in total. The Labute approximate surface area is 222 Å². The van der Waals surface area contributed by atoms with Gasteiger partial charge >= 0.3 is 0 Å². The molecule has 0 bridgehead atoms. The van der Waals surface area contributed by atoms with E-state index < -0.39 is 5.79 Å². The molecule has 194 valence electrons. The van der Waals surface area contributed by atoms with E-state index in [2.05, 4.69) is 51.6 Å². The summed E-state index contributed by atoms with van der Waals surface area (Å²) in [5.74, 6) is 1.26. The highest BCUT2D eigenvalue weighted by atomic mass is 35.5. The molecule has 10 heteroatoms. The Kier molecular flexibility index (Phi) is 7.43. The number of allylic oxidation sites excluding steroid dienone is 2. The summed E-state index contributed by atoms with van der Waals surface area (Å²) in [6, 6.07) is 8.70. The lowest BCUT2D eigenvalue weighted by Gasteiger charge is -2.25. The van der Waals surface area contributed by atoms with Gasteiger partial charge in [-0.1, -0.05) is 37.1 Å². The molecule has 2 aliphatic heterocycles. The summed E-state index contributed by atoms with van der Waals surface area (Å²) in [4.78, 5) is 18.4. The van der Waals surface area contributed by atoms with Crippen LogP contribution in [0.25, 0.3) is 5.69 Å². The maximum absolute atomic E-state index is 5.96. The fraction of sp³-hybridized carbons (Fsp3) is 0.407. The van der Waals surface area contributed by atoms with Gasteiger partial charge in [0, 0.05) is 42.5 Å². The first-order chi connectivity index (χ1) is 18.0. The van der Waals surface area contributed by atoms with Crippen molar-refractivity contribution in [2.45, 2.75) is 57.8 Å². The number of aromatic nitrogens is 4. The minimum absolute atomic E-state index is 0.213. The van der Waals surface area contributed by atoms with Crippen molar-refractivity contribution in [3.63, 3.8) is 0 Å². The number of hydrazine groups is 1. The van der Waals surface area contributed by atoms with Crippen LogP contribution in [0.5, 0.6) is 0 Å². The van der Waals surface area contributed by atoms with E-state index in [1.807, 2.05) is 34.7 Å². The van der Waals surface area contributed by atoms with E-state index in [0.29, 0.717) is 11.7 Å². The quantitative estimate of drug-likeness (QED) is 0.335. The van der Waals surface area contributed by atoms with Crippen molar-refractivity contribution in [3.05, 3.63) is 78.1 Å². The third-order valence-electron chi connectivity index (χ3n) is 6.74. The zero-order valence-corrected chi connectivity index (χ0v) is 22.3. The molecule has 4 heterocycles. The van der Waals surface area contributed by atoms with E-state index in [4.69, 9.17) is 26.3 Å². The Morgan fingerprint density at radius 1 is 1.27 bits per heavy atom. The number of aliphatic imine (C=N–C) groups is 2. The van der Waals surface area contributed by atoms with E-state index in [0.717, 1.165) is 55.2 Å². The number of nitrogens with one attached hydrogen (secondary N) is 1. The number of ether oxygens (including phenoxy) is 1. The van der Waals surface area contributed by atoms with Crippen LogP contribution in [-0.4, -0.2) is 55.1 Å². The van der Waals surface area contributed by atoms with Crippen LogP contribution in [0.4, 0.5) is 0 Å². The van der Waals surface area contributed by atoms with Gasteiger partial charge in [-0.05, 0) is 50.0 Å². The molecule has 0 radical (unpaired) electrons. The highest BCUT2D eigenvalue weighted by Gasteiger charge is 2.39. The third kappa shape index (κ3) is 5.78. The predicted octanol–water partition coefficient (Wildman–Crippen LogP) is 4.96. The number of nitrogens with zero attached hydrogens (tertiary/aromatic N) is 7. The van der Waals surface area contributed by atoms with Gasteiger partial charge in [-0.15, -0.1) is 0 Å². The van der Waals surface area contributed by atoms with Gasteiger partial charge in [-0.2, -0.15) is 5.43 Å². The summed E-state index contributed by atoms with van der Waals surface area (Å²) in [6.07, 6.45) is 15.1. The van der Waals surface area contributed by atoms with Crippen LogP contribution in [0.3, 0.4) is 0 Å². The van der Waals surface area contributed by atoms with Crippen LogP contribution in [0, 0.1) is 0 Å². The number of hydrogen-bond acceptors (Lipinski definition) is 7. The molecule has 1 fully saturated rings. The molecule has 2 aliphatic rings. The smallest absolute Gasteiger partial charge is 0.220 e. The standard InChI is InChI=1S/C27H33ClN8O/c1-4-21(15-23(37-3)16-34-17-25(28)30-19-34)31-27(2)32-26-24(7-5-6-13-36(26)33-27)20-8-10-22(11-9-20)35-14-12-29-18-35/h8-12,14-15,17-19,24,33H,4-7,13,16H2,1-3H3/b23-15+,31-21?. The number of amidine groups is 1. The Bertz CT molecular complexity index is 1290. The molecule has 2 unspecified atom stereocenters. The van der Waals surface area contributed by atoms with E-state index in [1.165, 1.54) is 5.56 Å². The average molecular weight is 521 g/mol. The van der Waals surface area contributed by atoms with E-state index in [-0.39, 0.29) is 5.92 Å². The number of hydrogen-bond donors (Lipinski definition) is 1. The molecular weight excluding hydrogens is 488 g/mol. The lowest BCUT2D eigenvalue weighted by atomic mass is 9.93. The minimum Gasteiger partial charge on any atom is -0.499 e. The summed E-state index contributed by atoms with van der Waals surface area (Å²) in [7, 11) is 1.67. The van der Waals surface area contributed by atoms with Gasteiger partial charge in [0.2, 0.25) is 5.79 Å². The lowest BCUT2D eigenvalue weighted by Crippen LogP contribution is -2.46. The largest absolute Gasteiger partial charge is 0.499 e. The fourth-order valence-corrected chi connectivity index (χ4v) is 5.08. The number of methoxy groups -OCH3 is 1. The molecule has 0 spiro atoms. The monoisotopic (exact) mass is 520 g/mol.